The first-order chi connectivity index (χ1) is 11.6. The molecule has 1 aromatic carbocycles. The summed E-state index contributed by atoms with van der Waals surface area (Å²) in [5.41, 5.74) is 0.764. The van der Waals surface area contributed by atoms with Crippen molar-refractivity contribution in [2.45, 2.75) is 20.0 Å². The molecule has 1 amide bonds. The highest BCUT2D eigenvalue weighted by molar-refractivity contribution is 7.18. The van der Waals surface area contributed by atoms with Crippen LogP contribution in [0.1, 0.15) is 22.2 Å². The molecule has 0 radical (unpaired) electrons. The second kappa shape index (κ2) is 6.92. The third-order valence-electron chi connectivity index (χ3n) is 3.43. The van der Waals surface area contributed by atoms with Crippen LogP contribution in [-0.4, -0.2) is 31.2 Å². The van der Waals surface area contributed by atoms with Crippen molar-refractivity contribution in [2.75, 3.05) is 18.5 Å². The molecule has 0 fully saturated rings. The molecule has 126 valence electrons. The molecule has 1 atom stereocenters. The molecule has 2 heterocycles. The maximum Gasteiger partial charge on any atom is 0.348 e. The number of para-hydroxylation sites is 2. The molecule has 0 saturated carbocycles. The molecule has 1 aliphatic rings. The molecule has 1 N–H and O–H groups in total. The van der Waals surface area contributed by atoms with Crippen molar-refractivity contribution in [2.24, 2.45) is 0 Å². The molecule has 7 heteroatoms. The molecular formula is C17H17NO5S. The number of carbonyl (C=O) groups excluding carboxylic acids is 2. The van der Waals surface area contributed by atoms with Crippen molar-refractivity contribution in [3.63, 3.8) is 0 Å². The van der Waals surface area contributed by atoms with Crippen LogP contribution >= 0.6 is 11.3 Å². The third kappa shape index (κ3) is 3.35. The summed E-state index contributed by atoms with van der Waals surface area (Å²) >= 11 is 1.18. The molecule has 0 unspecified atom stereocenters. The minimum absolute atomic E-state index is 0.137. The summed E-state index contributed by atoms with van der Waals surface area (Å²) < 4.78 is 16.2. The van der Waals surface area contributed by atoms with Gasteiger partial charge in [-0.05, 0) is 37.6 Å². The van der Waals surface area contributed by atoms with E-state index in [4.69, 9.17) is 14.2 Å². The Morgan fingerprint density at radius 1 is 1.33 bits per heavy atom. The van der Waals surface area contributed by atoms with E-state index in [0.717, 1.165) is 5.56 Å². The average Bonchev–Trinajstić information content (AvgIpc) is 2.95. The second-order valence-electron chi connectivity index (χ2n) is 5.20. The SMILES string of the molecule is CCOC(=O)c1sc(NC(=O)[C@@H]2COc3ccccc3O2)cc1C. The Hall–Kier alpha value is -2.54. The largest absolute Gasteiger partial charge is 0.485 e. The lowest BCUT2D eigenvalue weighted by Gasteiger charge is -2.25. The quantitative estimate of drug-likeness (QED) is 0.861. The Labute approximate surface area is 143 Å². The van der Waals surface area contributed by atoms with Crippen LogP contribution in [0.25, 0.3) is 0 Å². The average molecular weight is 347 g/mol. The van der Waals surface area contributed by atoms with Crippen LogP contribution in [0, 0.1) is 6.92 Å². The van der Waals surface area contributed by atoms with Gasteiger partial charge in [-0.3, -0.25) is 4.79 Å². The number of esters is 1. The molecule has 2 aromatic rings. The zero-order valence-corrected chi connectivity index (χ0v) is 14.1. The lowest BCUT2D eigenvalue weighted by Crippen LogP contribution is -2.40. The van der Waals surface area contributed by atoms with E-state index in [1.807, 2.05) is 12.1 Å². The number of rotatable bonds is 4. The van der Waals surface area contributed by atoms with Crippen molar-refractivity contribution in [3.05, 3.63) is 40.8 Å². The van der Waals surface area contributed by atoms with E-state index in [2.05, 4.69) is 5.32 Å². The van der Waals surface area contributed by atoms with Gasteiger partial charge in [0.2, 0.25) is 6.10 Å². The first-order valence-corrected chi connectivity index (χ1v) is 8.37. The molecule has 1 aromatic heterocycles. The first kappa shape index (κ1) is 16.3. The van der Waals surface area contributed by atoms with Crippen LogP contribution in [0.2, 0.25) is 0 Å². The van der Waals surface area contributed by atoms with Crippen molar-refractivity contribution < 1.29 is 23.8 Å². The van der Waals surface area contributed by atoms with E-state index in [1.165, 1.54) is 11.3 Å². The number of carbonyl (C=O) groups is 2. The Kier molecular flexibility index (Phi) is 4.71. The number of hydrogen-bond donors (Lipinski definition) is 1. The van der Waals surface area contributed by atoms with Gasteiger partial charge < -0.3 is 19.5 Å². The fourth-order valence-corrected chi connectivity index (χ4v) is 3.26. The maximum absolute atomic E-state index is 12.4. The minimum atomic E-state index is -0.742. The fraction of sp³-hybridized carbons (Fsp3) is 0.294. The maximum atomic E-state index is 12.4. The van der Waals surface area contributed by atoms with E-state index in [0.29, 0.717) is 28.0 Å². The van der Waals surface area contributed by atoms with Crippen molar-refractivity contribution in [1.29, 1.82) is 0 Å². The van der Waals surface area contributed by atoms with Crippen LogP contribution in [-0.2, 0) is 9.53 Å². The summed E-state index contributed by atoms with van der Waals surface area (Å²) in [5, 5.41) is 3.34. The van der Waals surface area contributed by atoms with Crippen LogP contribution < -0.4 is 14.8 Å². The van der Waals surface area contributed by atoms with Gasteiger partial charge in [-0.15, -0.1) is 11.3 Å². The summed E-state index contributed by atoms with van der Waals surface area (Å²) in [5.74, 6) is 0.462. The van der Waals surface area contributed by atoms with Gasteiger partial charge in [0, 0.05) is 0 Å². The highest BCUT2D eigenvalue weighted by Gasteiger charge is 2.28. The van der Waals surface area contributed by atoms with Crippen molar-refractivity contribution in [3.8, 4) is 11.5 Å². The standard InChI is InChI=1S/C17H17NO5S/c1-3-21-17(20)15-10(2)8-14(24-15)18-16(19)13-9-22-11-6-4-5-7-12(11)23-13/h4-8,13H,3,9H2,1-2H3,(H,18,19)/t13-/m0/s1. The van der Waals surface area contributed by atoms with E-state index in [1.54, 1.807) is 32.0 Å². The van der Waals surface area contributed by atoms with E-state index < -0.39 is 6.10 Å². The number of anilines is 1. The second-order valence-corrected chi connectivity index (χ2v) is 6.25. The Morgan fingerprint density at radius 3 is 2.83 bits per heavy atom. The van der Waals surface area contributed by atoms with Crippen molar-refractivity contribution >= 4 is 28.2 Å². The van der Waals surface area contributed by atoms with Crippen molar-refractivity contribution in [1.82, 2.24) is 0 Å². The lowest BCUT2D eigenvalue weighted by atomic mass is 10.2. The molecular weight excluding hydrogens is 330 g/mol. The van der Waals surface area contributed by atoms with Crippen LogP contribution in [0.15, 0.2) is 30.3 Å². The van der Waals surface area contributed by atoms with E-state index in [-0.39, 0.29) is 18.5 Å². The molecule has 3 rings (SSSR count). The van der Waals surface area contributed by atoms with Gasteiger partial charge in [-0.25, -0.2) is 4.79 Å². The summed E-state index contributed by atoms with van der Waals surface area (Å²) in [4.78, 5) is 24.7. The fourth-order valence-electron chi connectivity index (χ4n) is 2.29. The number of fused-ring (bicyclic) bond motifs is 1. The number of benzene rings is 1. The molecule has 0 bridgehead atoms. The molecule has 6 nitrogen and oxygen atoms in total. The molecule has 0 aliphatic carbocycles. The highest BCUT2D eigenvalue weighted by atomic mass is 32.1. The number of nitrogens with one attached hydrogen (secondary N) is 1. The lowest BCUT2D eigenvalue weighted by molar-refractivity contribution is -0.125. The van der Waals surface area contributed by atoms with E-state index >= 15 is 0 Å². The van der Waals surface area contributed by atoms with Gasteiger partial charge in [0.25, 0.3) is 5.91 Å². The number of aryl methyl sites for hydroxylation is 1. The van der Waals surface area contributed by atoms with E-state index in [9.17, 15) is 9.59 Å². The van der Waals surface area contributed by atoms with Crippen LogP contribution in [0.4, 0.5) is 5.00 Å². The van der Waals surface area contributed by atoms with Gasteiger partial charge in [-0.1, -0.05) is 12.1 Å². The normalized spacial score (nSPS) is 15.7. The summed E-state index contributed by atoms with van der Waals surface area (Å²) in [6, 6.07) is 8.94. The van der Waals surface area contributed by atoms with Crippen LogP contribution in [0.3, 0.4) is 0 Å². The summed E-state index contributed by atoms with van der Waals surface area (Å²) in [6.07, 6.45) is -0.742. The minimum Gasteiger partial charge on any atom is -0.485 e. The van der Waals surface area contributed by atoms with Gasteiger partial charge in [0.05, 0.1) is 11.6 Å². The predicted molar refractivity (Wildman–Crippen MR) is 90.0 cm³/mol. The van der Waals surface area contributed by atoms with Crippen LogP contribution in [0.5, 0.6) is 11.5 Å². The number of hydrogen-bond acceptors (Lipinski definition) is 6. The van der Waals surface area contributed by atoms with Gasteiger partial charge >= 0.3 is 5.97 Å². The first-order valence-electron chi connectivity index (χ1n) is 7.55. The van der Waals surface area contributed by atoms with Gasteiger partial charge in [0.15, 0.2) is 11.5 Å². The predicted octanol–water partition coefficient (Wildman–Crippen LogP) is 3.01. The zero-order chi connectivity index (χ0) is 17.1. The zero-order valence-electron chi connectivity index (χ0n) is 13.3. The molecule has 1 aliphatic heterocycles. The smallest absolute Gasteiger partial charge is 0.348 e. The van der Waals surface area contributed by atoms with Gasteiger partial charge in [0.1, 0.15) is 11.5 Å². The number of thiophene rings is 1. The Balaban J connectivity index is 1.68. The Morgan fingerprint density at radius 2 is 2.08 bits per heavy atom. The summed E-state index contributed by atoms with van der Waals surface area (Å²) in [7, 11) is 0. The molecule has 0 spiro atoms. The topological polar surface area (TPSA) is 73.9 Å². The molecule has 0 saturated heterocycles. The number of amides is 1. The highest BCUT2D eigenvalue weighted by Crippen LogP contribution is 2.32. The Bertz CT molecular complexity index is 770. The number of ether oxygens (including phenoxy) is 3. The molecule has 24 heavy (non-hydrogen) atoms. The third-order valence-corrected chi connectivity index (χ3v) is 4.56. The summed E-state index contributed by atoms with van der Waals surface area (Å²) in [6.45, 7) is 4.00. The monoisotopic (exact) mass is 347 g/mol. The van der Waals surface area contributed by atoms with Gasteiger partial charge in [-0.2, -0.15) is 0 Å².